The van der Waals surface area contributed by atoms with Gasteiger partial charge in [0.05, 0.1) is 19.8 Å². The number of hydrogen-bond acceptors (Lipinski definition) is 9. The monoisotopic (exact) mass is 519 g/mol. The number of benzene rings is 3. The van der Waals surface area contributed by atoms with E-state index < -0.39 is 36.1 Å². The molecule has 10 heteroatoms. The van der Waals surface area contributed by atoms with Crippen molar-refractivity contribution < 1.29 is 42.8 Å². The molecule has 196 valence electrons. The van der Waals surface area contributed by atoms with Gasteiger partial charge in [0.25, 0.3) is 0 Å². The van der Waals surface area contributed by atoms with Crippen molar-refractivity contribution in [1.82, 2.24) is 5.32 Å². The molecule has 0 aromatic heterocycles. The SMILES string of the molecule is COC(=O)[C@H](Cc1ccccc1)NC(=O)OC1C(=O)c2ccc(OC)cc2O[C@@H]1c1ccc2c(c1)OCO2. The molecule has 0 fully saturated rings. The number of ether oxygens (including phenoxy) is 6. The van der Waals surface area contributed by atoms with Crippen LogP contribution in [0.5, 0.6) is 23.0 Å². The molecule has 2 heterocycles. The van der Waals surface area contributed by atoms with E-state index in [4.69, 9.17) is 28.4 Å². The Hall–Kier alpha value is -4.73. The summed E-state index contributed by atoms with van der Waals surface area (Å²) in [6.45, 7) is 0.0714. The van der Waals surface area contributed by atoms with Crippen LogP contribution in [0.1, 0.15) is 27.6 Å². The van der Waals surface area contributed by atoms with Crippen LogP contribution in [-0.2, 0) is 20.7 Å². The number of carbonyl (C=O) groups excluding carboxylic acids is 3. The summed E-state index contributed by atoms with van der Waals surface area (Å²) >= 11 is 0. The van der Waals surface area contributed by atoms with Crippen LogP contribution in [0.15, 0.2) is 66.7 Å². The molecule has 10 nitrogen and oxygen atoms in total. The molecule has 1 amide bonds. The molecule has 1 unspecified atom stereocenters. The average Bonchev–Trinajstić information content (AvgIpc) is 3.42. The predicted octanol–water partition coefficient (Wildman–Crippen LogP) is 3.62. The lowest BCUT2D eigenvalue weighted by Gasteiger charge is -2.32. The first-order valence-electron chi connectivity index (χ1n) is 11.8. The number of methoxy groups -OCH3 is 2. The van der Waals surface area contributed by atoms with Crippen LogP contribution in [0.2, 0.25) is 0 Å². The van der Waals surface area contributed by atoms with E-state index in [2.05, 4.69) is 5.32 Å². The Kier molecular flexibility index (Phi) is 7.03. The van der Waals surface area contributed by atoms with E-state index in [1.165, 1.54) is 14.2 Å². The molecular formula is C28H25NO9. The molecule has 3 aromatic rings. The minimum Gasteiger partial charge on any atom is -0.497 e. The highest BCUT2D eigenvalue weighted by Gasteiger charge is 2.42. The zero-order chi connectivity index (χ0) is 26.6. The van der Waals surface area contributed by atoms with Crippen LogP contribution in [0.3, 0.4) is 0 Å². The Balaban J connectivity index is 1.42. The van der Waals surface area contributed by atoms with Gasteiger partial charge in [-0.15, -0.1) is 0 Å². The molecule has 0 radical (unpaired) electrons. The molecular weight excluding hydrogens is 494 g/mol. The average molecular weight is 520 g/mol. The lowest BCUT2D eigenvalue weighted by molar-refractivity contribution is -0.143. The summed E-state index contributed by atoms with van der Waals surface area (Å²) in [7, 11) is 2.73. The molecule has 2 aliphatic rings. The molecule has 5 rings (SSSR count). The van der Waals surface area contributed by atoms with E-state index in [-0.39, 0.29) is 24.5 Å². The van der Waals surface area contributed by atoms with E-state index in [9.17, 15) is 14.4 Å². The number of ketones is 1. The Morgan fingerprint density at radius 3 is 2.53 bits per heavy atom. The van der Waals surface area contributed by atoms with E-state index in [0.717, 1.165) is 5.56 Å². The third-order valence-electron chi connectivity index (χ3n) is 6.26. The van der Waals surface area contributed by atoms with Crippen LogP contribution in [0.25, 0.3) is 0 Å². The Labute approximate surface area is 218 Å². The van der Waals surface area contributed by atoms with Crippen LogP contribution < -0.4 is 24.3 Å². The quantitative estimate of drug-likeness (QED) is 0.467. The standard InChI is InChI=1S/C28H25NO9/c1-33-18-9-10-19-22(14-18)37-25(17-8-11-21-23(13-17)36-15-35-21)26(24(19)30)38-28(32)29-20(27(31)34-2)12-16-6-4-3-5-7-16/h3-11,13-14,20,25-26H,12,15H2,1-2H3,(H,29,32)/t20-,25+,26?/m0/s1. The molecule has 0 aliphatic carbocycles. The van der Waals surface area contributed by atoms with Crippen molar-refractivity contribution in [1.29, 1.82) is 0 Å². The van der Waals surface area contributed by atoms with E-state index in [1.54, 1.807) is 36.4 Å². The third-order valence-corrected chi connectivity index (χ3v) is 6.26. The largest absolute Gasteiger partial charge is 0.497 e. The number of alkyl carbamates (subject to hydrolysis) is 1. The van der Waals surface area contributed by atoms with Crippen molar-refractivity contribution in [2.24, 2.45) is 0 Å². The number of hydrogen-bond donors (Lipinski definition) is 1. The van der Waals surface area contributed by atoms with Crippen LogP contribution in [-0.4, -0.2) is 51.0 Å². The lowest BCUT2D eigenvalue weighted by atomic mass is 9.93. The number of amides is 1. The van der Waals surface area contributed by atoms with Gasteiger partial charge in [0.2, 0.25) is 18.7 Å². The Bertz CT molecular complexity index is 1360. The van der Waals surface area contributed by atoms with Crippen LogP contribution >= 0.6 is 0 Å². The van der Waals surface area contributed by atoms with Crippen molar-refractivity contribution in [2.75, 3.05) is 21.0 Å². The highest BCUT2D eigenvalue weighted by Crippen LogP contribution is 2.41. The summed E-state index contributed by atoms with van der Waals surface area (Å²) in [5.41, 5.74) is 1.57. The van der Waals surface area contributed by atoms with Gasteiger partial charge in [0, 0.05) is 18.1 Å². The second kappa shape index (κ2) is 10.7. The van der Waals surface area contributed by atoms with E-state index >= 15 is 0 Å². The first kappa shape index (κ1) is 24.9. The smallest absolute Gasteiger partial charge is 0.408 e. The van der Waals surface area contributed by atoms with Gasteiger partial charge in [0.15, 0.2) is 17.6 Å². The van der Waals surface area contributed by atoms with Gasteiger partial charge in [-0.3, -0.25) is 4.79 Å². The van der Waals surface area contributed by atoms with Crippen LogP contribution in [0.4, 0.5) is 4.79 Å². The fourth-order valence-corrected chi connectivity index (χ4v) is 4.35. The molecule has 0 spiro atoms. The Morgan fingerprint density at radius 2 is 1.76 bits per heavy atom. The second-order valence-corrected chi connectivity index (χ2v) is 8.61. The zero-order valence-electron chi connectivity index (χ0n) is 20.7. The number of Topliss-reactive ketones (excluding diaryl/α,β-unsaturated/α-hetero) is 1. The van der Waals surface area contributed by atoms with Gasteiger partial charge in [-0.25, -0.2) is 9.59 Å². The maximum Gasteiger partial charge on any atom is 0.408 e. The third kappa shape index (κ3) is 5.06. The number of esters is 1. The fraction of sp³-hybridized carbons (Fsp3) is 0.250. The summed E-state index contributed by atoms with van der Waals surface area (Å²) in [4.78, 5) is 39.0. The summed E-state index contributed by atoms with van der Waals surface area (Å²) in [5.74, 6) is 0.696. The van der Waals surface area contributed by atoms with E-state index in [1.807, 2.05) is 30.3 Å². The van der Waals surface area contributed by atoms with Crippen molar-refractivity contribution in [3.05, 3.63) is 83.4 Å². The van der Waals surface area contributed by atoms with Gasteiger partial charge in [-0.05, 0) is 29.8 Å². The summed E-state index contributed by atoms with van der Waals surface area (Å²) in [6.07, 6.45) is -3.16. The molecule has 3 aromatic carbocycles. The van der Waals surface area contributed by atoms with Gasteiger partial charge < -0.3 is 33.7 Å². The zero-order valence-corrected chi connectivity index (χ0v) is 20.7. The van der Waals surface area contributed by atoms with Gasteiger partial charge in [0.1, 0.15) is 17.5 Å². The van der Waals surface area contributed by atoms with Crippen molar-refractivity contribution >= 4 is 17.8 Å². The maximum absolute atomic E-state index is 13.6. The molecule has 0 saturated heterocycles. The van der Waals surface area contributed by atoms with Gasteiger partial charge in [-0.1, -0.05) is 36.4 Å². The molecule has 1 N–H and O–H groups in total. The summed E-state index contributed by atoms with van der Waals surface area (Å²) < 4.78 is 32.8. The normalized spacial score (nSPS) is 18.0. The maximum atomic E-state index is 13.6. The highest BCUT2D eigenvalue weighted by molar-refractivity contribution is 6.04. The number of fused-ring (bicyclic) bond motifs is 2. The van der Waals surface area contributed by atoms with Gasteiger partial charge >= 0.3 is 12.1 Å². The minimum atomic E-state index is -1.36. The molecule has 38 heavy (non-hydrogen) atoms. The van der Waals surface area contributed by atoms with Crippen molar-refractivity contribution in [3.8, 4) is 23.0 Å². The minimum absolute atomic E-state index is 0.0714. The fourth-order valence-electron chi connectivity index (χ4n) is 4.35. The molecule has 0 saturated carbocycles. The first-order valence-corrected chi connectivity index (χ1v) is 11.8. The number of nitrogens with one attached hydrogen (secondary N) is 1. The predicted molar refractivity (Wildman–Crippen MR) is 133 cm³/mol. The summed E-state index contributed by atoms with van der Waals surface area (Å²) in [6, 6.07) is 17.9. The molecule has 0 bridgehead atoms. The van der Waals surface area contributed by atoms with Crippen molar-refractivity contribution in [2.45, 2.75) is 24.7 Å². The Morgan fingerprint density at radius 1 is 0.974 bits per heavy atom. The number of carbonyl (C=O) groups is 3. The van der Waals surface area contributed by atoms with Crippen LogP contribution in [0, 0.1) is 0 Å². The van der Waals surface area contributed by atoms with E-state index in [0.29, 0.717) is 22.8 Å². The molecule has 2 aliphatic heterocycles. The highest BCUT2D eigenvalue weighted by atomic mass is 16.7. The topological polar surface area (TPSA) is 119 Å². The first-order chi connectivity index (χ1) is 18.5. The lowest BCUT2D eigenvalue weighted by Crippen LogP contribution is -2.47. The summed E-state index contributed by atoms with van der Waals surface area (Å²) in [5, 5.41) is 2.53. The second-order valence-electron chi connectivity index (χ2n) is 8.61. The number of rotatable bonds is 7. The molecule has 3 atom stereocenters. The van der Waals surface area contributed by atoms with Gasteiger partial charge in [-0.2, -0.15) is 0 Å². The van der Waals surface area contributed by atoms with Crippen molar-refractivity contribution in [3.63, 3.8) is 0 Å².